The second-order valence-corrected chi connectivity index (χ2v) is 8.59. The van der Waals surface area contributed by atoms with Crippen LogP contribution in [0.15, 0.2) is 72.9 Å². The van der Waals surface area contributed by atoms with Crippen molar-refractivity contribution in [2.45, 2.75) is 56.2 Å². The van der Waals surface area contributed by atoms with Gasteiger partial charge in [-0.15, -0.1) is 0 Å². The molecular weight excluding hydrogens is 474 g/mol. The standard InChI is InChI=1S/C26H26F4N2O2.CH5N/c27-24(28)26(29,30)34-22-12-6-9-19(15-22)25(32-20-10-4-5-11-20,16-18-7-2-1-3-8-18)23-14-13-21(33)17-31-23;1-2/h1-3,6-9,12-15,17,20,24,32-33H,4-5,10-11,16H2;2H2,1H3. The molecule has 1 aliphatic rings. The minimum atomic E-state index is -4.61. The maximum Gasteiger partial charge on any atom is 0.461 e. The summed E-state index contributed by atoms with van der Waals surface area (Å²) in [6.45, 7) is 0. The molecule has 9 heteroatoms. The molecule has 0 spiro atoms. The summed E-state index contributed by atoms with van der Waals surface area (Å²) in [5.74, 6) is -0.376. The summed E-state index contributed by atoms with van der Waals surface area (Å²) in [6, 6.07) is 18.8. The van der Waals surface area contributed by atoms with Crippen LogP contribution in [0, 0.1) is 0 Å². The molecule has 0 aliphatic heterocycles. The maximum absolute atomic E-state index is 13.7. The van der Waals surface area contributed by atoms with Crippen molar-refractivity contribution in [3.8, 4) is 11.5 Å². The molecule has 4 N–H and O–H groups in total. The van der Waals surface area contributed by atoms with Gasteiger partial charge >= 0.3 is 12.5 Å². The summed E-state index contributed by atoms with van der Waals surface area (Å²) >= 11 is 0. The lowest BCUT2D eigenvalue weighted by molar-refractivity contribution is -0.253. The number of nitrogens with two attached hydrogens (primary N) is 1. The Morgan fingerprint density at radius 1 is 1.03 bits per heavy atom. The van der Waals surface area contributed by atoms with E-state index >= 15 is 0 Å². The number of pyridine rings is 1. The van der Waals surface area contributed by atoms with E-state index in [1.54, 1.807) is 12.1 Å². The summed E-state index contributed by atoms with van der Waals surface area (Å²) in [7, 11) is 1.50. The lowest BCUT2D eigenvalue weighted by Gasteiger charge is -2.38. The van der Waals surface area contributed by atoms with Crippen molar-refractivity contribution in [2.24, 2.45) is 5.73 Å². The quantitative estimate of drug-likeness (QED) is 0.329. The van der Waals surface area contributed by atoms with Crippen molar-refractivity contribution in [2.75, 3.05) is 7.05 Å². The summed E-state index contributed by atoms with van der Waals surface area (Å²) in [6.07, 6.45) is -2.83. The van der Waals surface area contributed by atoms with Crippen LogP contribution >= 0.6 is 0 Å². The van der Waals surface area contributed by atoms with E-state index in [1.807, 2.05) is 30.3 Å². The molecule has 1 saturated carbocycles. The van der Waals surface area contributed by atoms with E-state index in [-0.39, 0.29) is 17.5 Å². The number of benzene rings is 2. The molecule has 4 rings (SSSR count). The fourth-order valence-corrected chi connectivity index (χ4v) is 4.53. The van der Waals surface area contributed by atoms with Crippen LogP contribution < -0.4 is 15.8 Å². The average molecular weight is 506 g/mol. The summed E-state index contributed by atoms with van der Waals surface area (Å²) in [4.78, 5) is 4.48. The molecule has 0 saturated heterocycles. The topological polar surface area (TPSA) is 80.4 Å². The SMILES string of the molecule is CN.Oc1ccc(C(Cc2ccccc2)(NC2CCCC2)c2cccc(OC(F)(F)C(F)F)c2)nc1. The first-order chi connectivity index (χ1) is 17.3. The van der Waals surface area contributed by atoms with E-state index < -0.39 is 18.1 Å². The third-order valence-electron chi connectivity index (χ3n) is 6.14. The number of nitrogens with zero attached hydrogens (tertiary/aromatic N) is 1. The van der Waals surface area contributed by atoms with Crippen molar-refractivity contribution >= 4 is 0 Å². The Hall–Kier alpha value is -3.17. The van der Waals surface area contributed by atoms with Gasteiger partial charge in [0, 0.05) is 12.5 Å². The first-order valence-corrected chi connectivity index (χ1v) is 11.8. The Kier molecular flexibility index (Phi) is 9.28. The van der Waals surface area contributed by atoms with Crippen molar-refractivity contribution in [1.29, 1.82) is 0 Å². The van der Waals surface area contributed by atoms with Crippen molar-refractivity contribution in [1.82, 2.24) is 10.3 Å². The Labute approximate surface area is 208 Å². The maximum atomic E-state index is 13.7. The monoisotopic (exact) mass is 505 g/mol. The molecule has 1 aliphatic carbocycles. The van der Waals surface area contributed by atoms with Crippen LogP contribution in [-0.2, 0) is 12.0 Å². The predicted octanol–water partition coefficient (Wildman–Crippen LogP) is 5.62. The Bertz CT molecular complexity index is 1080. The van der Waals surface area contributed by atoms with Gasteiger partial charge in [-0.1, -0.05) is 55.3 Å². The van der Waals surface area contributed by atoms with Gasteiger partial charge in [0.2, 0.25) is 0 Å². The van der Waals surface area contributed by atoms with E-state index in [9.17, 15) is 22.7 Å². The Morgan fingerprint density at radius 2 is 1.72 bits per heavy atom. The van der Waals surface area contributed by atoms with Crippen LogP contribution in [0.3, 0.4) is 0 Å². The van der Waals surface area contributed by atoms with Gasteiger partial charge in [-0.05, 0) is 55.3 Å². The van der Waals surface area contributed by atoms with Crippen molar-refractivity contribution in [3.05, 3.63) is 89.7 Å². The molecule has 1 fully saturated rings. The Morgan fingerprint density at radius 3 is 2.33 bits per heavy atom. The predicted molar refractivity (Wildman–Crippen MR) is 130 cm³/mol. The summed E-state index contributed by atoms with van der Waals surface area (Å²) in [5.41, 5.74) is 5.60. The van der Waals surface area contributed by atoms with Gasteiger partial charge in [-0.25, -0.2) is 0 Å². The zero-order valence-corrected chi connectivity index (χ0v) is 20.0. The lowest BCUT2D eigenvalue weighted by atomic mass is 9.79. The number of ether oxygens (including phenoxy) is 1. The van der Waals surface area contributed by atoms with Crippen molar-refractivity contribution < 1.29 is 27.4 Å². The highest BCUT2D eigenvalue weighted by Gasteiger charge is 2.44. The van der Waals surface area contributed by atoms with E-state index in [4.69, 9.17) is 0 Å². The number of nitrogens with one attached hydrogen (secondary N) is 1. The van der Waals surface area contributed by atoms with Crippen molar-refractivity contribution in [3.63, 3.8) is 0 Å². The van der Waals surface area contributed by atoms with Gasteiger partial charge in [-0.3, -0.25) is 10.3 Å². The molecule has 0 amide bonds. The summed E-state index contributed by atoms with van der Waals surface area (Å²) in [5, 5.41) is 13.5. The molecule has 36 heavy (non-hydrogen) atoms. The second kappa shape index (κ2) is 12.2. The molecule has 5 nitrogen and oxygen atoms in total. The summed E-state index contributed by atoms with van der Waals surface area (Å²) < 4.78 is 57.3. The first kappa shape index (κ1) is 27.4. The molecule has 0 bridgehead atoms. The average Bonchev–Trinajstić information content (AvgIpc) is 3.39. The van der Waals surface area contributed by atoms with E-state index in [2.05, 4.69) is 20.8 Å². The number of rotatable bonds is 9. The molecule has 0 radical (unpaired) electrons. The highest BCUT2D eigenvalue weighted by molar-refractivity contribution is 5.43. The van der Waals surface area contributed by atoms with Crippen LogP contribution in [0.2, 0.25) is 0 Å². The number of aromatic nitrogens is 1. The van der Waals surface area contributed by atoms with Crippen LogP contribution in [0.25, 0.3) is 0 Å². The van der Waals surface area contributed by atoms with Crippen LogP contribution in [0.5, 0.6) is 11.5 Å². The number of hydrogen-bond acceptors (Lipinski definition) is 5. The largest absolute Gasteiger partial charge is 0.506 e. The van der Waals surface area contributed by atoms with E-state index in [0.717, 1.165) is 31.2 Å². The van der Waals surface area contributed by atoms with E-state index in [1.165, 1.54) is 37.5 Å². The minimum absolute atomic E-state index is 0.00751. The minimum Gasteiger partial charge on any atom is -0.506 e. The highest BCUT2D eigenvalue weighted by atomic mass is 19.3. The third kappa shape index (κ3) is 6.53. The van der Waals surface area contributed by atoms with Gasteiger partial charge in [0.25, 0.3) is 0 Å². The third-order valence-corrected chi connectivity index (χ3v) is 6.14. The van der Waals surface area contributed by atoms with Gasteiger partial charge in [0.1, 0.15) is 11.5 Å². The number of halogens is 4. The smallest absolute Gasteiger partial charge is 0.461 e. The fraction of sp³-hybridized carbons (Fsp3) is 0.370. The normalized spacial score (nSPS) is 15.8. The van der Waals surface area contributed by atoms with Gasteiger partial charge in [0.05, 0.1) is 17.4 Å². The molecule has 1 aromatic heterocycles. The molecular formula is C27H31F4N3O2. The molecule has 2 aromatic carbocycles. The van der Waals surface area contributed by atoms with Crippen LogP contribution in [-0.4, -0.2) is 35.7 Å². The zero-order valence-electron chi connectivity index (χ0n) is 20.0. The van der Waals surface area contributed by atoms with Gasteiger partial charge < -0.3 is 15.6 Å². The van der Waals surface area contributed by atoms with Crippen LogP contribution in [0.1, 0.15) is 42.5 Å². The number of aromatic hydroxyl groups is 1. The Balaban J connectivity index is 0.00000176. The van der Waals surface area contributed by atoms with Gasteiger partial charge in [0.15, 0.2) is 0 Å². The molecule has 1 heterocycles. The number of alkyl halides is 4. The number of hydrogen-bond donors (Lipinski definition) is 3. The lowest BCUT2D eigenvalue weighted by Crippen LogP contribution is -2.50. The molecule has 3 aromatic rings. The molecule has 1 atom stereocenters. The first-order valence-electron chi connectivity index (χ1n) is 11.8. The van der Waals surface area contributed by atoms with Crippen LogP contribution in [0.4, 0.5) is 17.6 Å². The zero-order chi connectivity index (χ0) is 26.2. The van der Waals surface area contributed by atoms with E-state index in [0.29, 0.717) is 17.7 Å². The molecule has 1 unspecified atom stereocenters. The second-order valence-electron chi connectivity index (χ2n) is 8.59. The fourth-order valence-electron chi connectivity index (χ4n) is 4.53. The van der Waals surface area contributed by atoms with Gasteiger partial charge in [-0.2, -0.15) is 17.6 Å². The molecule has 194 valence electrons. The highest BCUT2D eigenvalue weighted by Crippen LogP contribution is 2.38.